The number of carbonyl (C=O) groups is 2. The van der Waals surface area contributed by atoms with Crippen molar-refractivity contribution >= 4 is 17.7 Å². The highest BCUT2D eigenvalue weighted by atomic mass is 19.4. The molecule has 0 saturated heterocycles. The number of hydrogen-bond acceptors (Lipinski definition) is 3. The number of nitrogens with one attached hydrogen (secondary N) is 2. The number of anilines is 1. The molecule has 128 valence electrons. The summed E-state index contributed by atoms with van der Waals surface area (Å²) in [6.07, 6.45) is -5.95. The van der Waals surface area contributed by atoms with Gasteiger partial charge < -0.3 is 20.5 Å². The van der Waals surface area contributed by atoms with E-state index in [1.165, 1.54) is 0 Å². The van der Waals surface area contributed by atoms with Gasteiger partial charge in [-0.3, -0.25) is 4.79 Å². The first-order chi connectivity index (χ1) is 10.7. The van der Waals surface area contributed by atoms with Crippen LogP contribution in [0.1, 0.15) is 12.8 Å². The number of halogens is 4. The Labute approximate surface area is 128 Å². The van der Waals surface area contributed by atoms with Crippen molar-refractivity contribution in [2.45, 2.75) is 19.0 Å². The van der Waals surface area contributed by atoms with Crippen LogP contribution in [-0.2, 0) is 4.79 Å². The predicted molar refractivity (Wildman–Crippen MR) is 71.8 cm³/mol. The second kappa shape index (κ2) is 8.20. The highest BCUT2D eigenvalue weighted by Crippen LogP contribution is 2.27. The minimum atomic E-state index is -4.42. The van der Waals surface area contributed by atoms with E-state index in [-0.39, 0.29) is 24.4 Å². The van der Waals surface area contributed by atoms with E-state index in [9.17, 15) is 27.2 Å². The van der Waals surface area contributed by atoms with E-state index in [0.717, 1.165) is 18.2 Å². The lowest BCUT2D eigenvalue weighted by Crippen LogP contribution is -2.30. The molecule has 0 fully saturated rings. The Morgan fingerprint density at radius 2 is 1.96 bits per heavy atom. The molecule has 0 saturated carbocycles. The number of carboxylic acids is 1. The second-order valence-electron chi connectivity index (χ2n) is 4.38. The summed E-state index contributed by atoms with van der Waals surface area (Å²) in [5.74, 6) is -2.12. The molecular weight excluding hydrogens is 324 g/mol. The van der Waals surface area contributed by atoms with Crippen molar-refractivity contribution in [2.75, 3.05) is 18.5 Å². The van der Waals surface area contributed by atoms with Gasteiger partial charge in [0, 0.05) is 12.6 Å². The SMILES string of the molecule is O=C(O)CCNC(=O)Nc1ccc(F)cc1OCCC(F)(F)F. The maximum Gasteiger partial charge on any atom is 0.392 e. The normalized spacial score (nSPS) is 11.0. The Kier molecular flexibility index (Phi) is 6.61. The average molecular weight is 338 g/mol. The molecule has 0 heterocycles. The number of aliphatic carboxylic acids is 1. The molecule has 0 radical (unpaired) electrons. The van der Waals surface area contributed by atoms with E-state index in [1.807, 2.05) is 0 Å². The zero-order valence-electron chi connectivity index (χ0n) is 11.7. The van der Waals surface area contributed by atoms with E-state index in [1.54, 1.807) is 0 Å². The van der Waals surface area contributed by atoms with Gasteiger partial charge in [-0.1, -0.05) is 0 Å². The number of hydrogen-bond donors (Lipinski definition) is 3. The number of alkyl halides is 3. The van der Waals surface area contributed by atoms with Crippen molar-refractivity contribution in [2.24, 2.45) is 0 Å². The molecule has 0 aliphatic carbocycles. The molecule has 10 heteroatoms. The van der Waals surface area contributed by atoms with Crippen LogP contribution in [0.4, 0.5) is 28.0 Å². The van der Waals surface area contributed by atoms with Gasteiger partial charge in [0.05, 0.1) is 25.1 Å². The maximum absolute atomic E-state index is 13.1. The number of amides is 2. The molecule has 0 aliphatic rings. The highest BCUT2D eigenvalue weighted by molar-refractivity contribution is 5.91. The van der Waals surface area contributed by atoms with Gasteiger partial charge in [-0.05, 0) is 12.1 Å². The number of benzene rings is 1. The van der Waals surface area contributed by atoms with E-state index in [2.05, 4.69) is 10.6 Å². The minimum Gasteiger partial charge on any atom is -0.491 e. The third-order valence-corrected chi connectivity index (χ3v) is 2.46. The second-order valence-corrected chi connectivity index (χ2v) is 4.38. The Balaban J connectivity index is 2.63. The van der Waals surface area contributed by atoms with Gasteiger partial charge in [0.2, 0.25) is 0 Å². The maximum atomic E-state index is 13.1. The van der Waals surface area contributed by atoms with Crippen molar-refractivity contribution < 1.29 is 37.0 Å². The lowest BCUT2D eigenvalue weighted by Gasteiger charge is -2.14. The van der Waals surface area contributed by atoms with E-state index in [0.29, 0.717) is 0 Å². The molecule has 0 bridgehead atoms. The fraction of sp³-hybridized carbons (Fsp3) is 0.385. The molecule has 0 aromatic heterocycles. The van der Waals surface area contributed by atoms with Crippen LogP contribution in [0, 0.1) is 5.82 Å². The van der Waals surface area contributed by atoms with Gasteiger partial charge in [-0.25, -0.2) is 9.18 Å². The van der Waals surface area contributed by atoms with E-state index in [4.69, 9.17) is 9.84 Å². The van der Waals surface area contributed by atoms with E-state index < -0.39 is 37.0 Å². The summed E-state index contributed by atoms with van der Waals surface area (Å²) in [7, 11) is 0. The Morgan fingerprint density at radius 3 is 2.57 bits per heavy atom. The van der Waals surface area contributed by atoms with Gasteiger partial charge in [-0.2, -0.15) is 13.2 Å². The first-order valence-electron chi connectivity index (χ1n) is 6.43. The van der Waals surface area contributed by atoms with Crippen LogP contribution < -0.4 is 15.4 Å². The first kappa shape index (κ1) is 18.5. The molecule has 2 amide bonds. The van der Waals surface area contributed by atoms with Crippen LogP contribution in [0.5, 0.6) is 5.75 Å². The minimum absolute atomic E-state index is 0.0404. The van der Waals surface area contributed by atoms with Crippen LogP contribution in [0.3, 0.4) is 0 Å². The van der Waals surface area contributed by atoms with Gasteiger partial charge in [0.1, 0.15) is 11.6 Å². The standard InChI is InChI=1S/C13H14F4N2O4/c14-8-1-2-9(19-12(22)18-5-3-11(20)21)10(7-8)23-6-4-13(15,16)17/h1-2,7H,3-6H2,(H,20,21)(H2,18,19,22). The van der Waals surface area contributed by atoms with Crippen LogP contribution in [-0.4, -0.2) is 36.4 Å². The largest absolute Gasteiger partial charge is 0.491 e. The smallest absolute Gasteiger partial charge is 0.392 e. The molecule has 0 atom stereocenters. The van der Waals surface area contributed by atoms with Crippen molar-refractivity contribution in [3.8, 4) is 5.75 Å². The van der Waals surface area contributed by atoms with E-state index >= 15 is 0 Å². The first-order valence-corrected chi connectivity index (χ1v) is 6.43. The predicted octanol–water partition coefficient (Wildman–Crippen LogP) is 2.75. The van der Waals surface area contributed by atoms with Crippen LogP contribution >= 0.6 is 0 Å². The molecule has 1 rings (SSSR count). The number of ether oxygens (including phenoxy) is 1. The molecule has 3 N–H and O–H groups in total. The van der Waals surface area contributed by atoms with Gasteiger partial charge in [0.15, 0.2) is 0 Å². The van der Waals surface area contributed by atoms with Gasteiger partial charge in [-0.15, -0.1) is 0 Å². The number of carboxylic acid groups (broad SMARTS) is 1. The molecule has 6 nitrogen and oxygen atoms in total. The summed E-state index contributed by atoms with van der Waals surface area (Å²) in [5.41, 5.74) is -0.0404. The lowest BCUT2D eigenvalue weighted by molar-refractivity contribution is -0.139. The molecule has 1 aromatic carbocycles. The van der Waals surface area contributed by atoms with Crippen molar-refractivity contribution in [3.63, 3.8) is 0 Å². The third-order valence-electron chi connectivity index (χ3n) is 2.46. The average Bonchev–Trinajstić information content (AvgIpc) is 2.40. The Bertz CT molecular complexity index is 563. The summed E-state index contributed by atoms with van der Waals surface area (Å²) < 4.78 is 54.2. The molecular formula is C13H14F4N2O4. The van der Waals surface area contributed by atoms with Crippen LogP contribution in [0.15, 0.2) is 18.2 Å². The molecule has 0 spiro atoms. The summed E-state index contributed by atoms with van der Waals surface area (Å²) in [4.78, 5) is 21.8. The molecule has 23 heavy (non-hydrogen) atoms. The van der Waals surface area contributed by atoms with Crippen LogP contribution in [0.25, 0.3) is 0 Å². The number of carbonyl (C=O) groups excluding carboxylic acids is 1. The van der Waals surface area contributed by atoms with Crippen molar-refractivity contribution in [3.05, 3.63) is 24.0 Å². The van der Waals surface area contributed by atoms with Crippen LogP contribution in [0.2, 0.25) is 0 Å². The number of rotatable bonds is 7. The topological polar surface area (TPSA) is 87.7 Å². The Morgan fingerprint density at radius 1 is 1.26 bits per heavy atom. The summed E-state index contributed by atoms with van der Waals surface area (Å²) in [6, 6.07) is 2.15. The molecule has 0 aliphatic heterocycles. The molecule has 0 unspecified atom stereocenters. The summed E-state index contributed by atoms with van der Waals surface area (Å²) in [5, 5.41) is 12.9. The fourth-order valence-corrected chi connectivity index (χ4v) is 1.45. The van der Waals surface area contributed by atoms with Gasteiger partial charge in [0.25, 0.3) is 0 Å². The quantitative estimate of drug-likeness (QED) is 0.667. The summed E-state index contributed by atoms with van der Waals surface area (Å²) in [6.45, 7) is -0.880. The van der Waals surface area contributed by atoms with Crippen molar-refractivity contribution in [1.29, 1.82) is 0 Å². The third kappa shape index (κ3) is 7.88. The monoisotopic (exact) mass is 338 g/mol. The zero-order valence-corrected chi connectivity index (χ0v) is 11.7. The van der Waals surface area contributed by atoms with Crippen molar-refractivity contribution in [1.82, 2.24) is 5.32 Å². The van der Waals surface area contributed by atoms with Gasteiger partial charge >= 0.3 is 18.2 Å². The highest BCUT2D eigenvalue weighted by Gasteiger charge is 2.27. The lowest BCUT2D eigenvalue weighted by atomic mass is 10.3. The number of urea groups is 1. The fourth-order valence-electron chi connectivity index (χ4n) is 1.45. The zero-order chi connectivity index (χ0) is 17.5. The molecule has 1 aromatic rings. The Hall–Kier alpha value is -2.52. The summed E-state index contributed by atoms with van der Waals surface area (Å²) >= 11 is 0.